The van der Waals surface area contributed by atoms with Crippen LogP contribution < -0.4 is 5.32 Å². The molecule has 1 saturated heterocycles. The van der Waals surface area contributed by atoms with Crippen LogP contribution >= 0.6 is 0 Å². The van der Waals surface area contributed by atoms with E-state index in [1.54, 1.807) is 50.4 Å². The molecule has 3 atom stereocenters. The Morgan fingerprint density at radius 3 is 1.90 bits per heavy atom. The average Bonchev–Trinajstić information content (AvgIpc) is 2.95. The fourth-order valence-electron chi connectivity index (χ4n) is 5.88. The molecule has 0 radical (unpaired) electrons. The number of likely N-dealkylation sites (N-methyl/N-ethyl adjacent to an activating group) is 2. The van der Waals surface area contributed by atoms with Crippen molar-refractivity contribution in [2.75, 3.05) is 40.8 Å². The quantitative estimate of drug-likeness (QED) is 0.343. The summed E-state index contributed by atoms with van der Waals surface area (Å²) in [7, 11) is 5.21. The largest absolute Gasteiger partial charge is 0.508 e. The third kappa shape index (κ3) is 6.47. The Bertz CT molecular complexity index is 1370. The molecule has 41 heavy (non-hydrogen) atoms. The van der Waals surface area contributed by atoms with Crippen molar-refractivity contribution in [1.82, 2.24) is 15.1 Å². The van der Waals surface area contributed by atoms with E-state index in [0.29, 0.717) is 17.7 Å². The lowest BCUT2D eigenvalue weighted by molar-refractivity contribution is -0.127. The first-order valence-corrected chi connectivity index (χ1v) is 13.5. The second-order valence-electron chi connectivity index (χ2n) is 10.9. The first kappa shape index (κ1) is 29.9. The van der Waals surface area contributed by atoms with Gasteiger partial charge in [-0.05, 0) is 62.5 Å². The molecule has 0 aliphatic carbocycles. The molecule has 1 amide bonds. The number of Topliss-reactive ketones (excluding diaryl/α,β-unsaturated/α-hetero) is 2. The third-order valence-corrected chi connectivity index (χ3v) is 7.86. The number of halogens is 1. The average molecular weight is 562 g/mol. The SMILES string of the molecule is CNC(=O)C(CN(C)C)N1CC(C(=O)c2cccc(O)c2)C(c2cccc(F)c2C)C(C(=O)c2cccc(O)c2)C1. The summed E-state index contributed by atoms with van der Waals surface area (Å²) in [5.74, 6) is -3.97. The Hall–Kier alpha value is -4.08. The summed E-state index contributed by atoms with van der Waals surface area (Å²) in [5.41, 5.74) is 1.38. The van der Waals surface area contributed by atoms with Crippen molar-refractivity contribution < 1.29 is 29.0 Å². The number of hydrogen-bond donors (Lipinski definition) is 3. The highest BCUT2D eigenvalue weighted by Crippen LogP contribution is 2.43. The molecule has 3 aromatic rings. The maximum atomic E-state index is 14.9. The molecule has 3 unspecified atom stereocenters. The van der Waals surface area contributed by atoms with Crippen molar-refractivity contribution >= 4 is 17.5 Å². The topological polar surface area (TPSA) is 110 Å². The first-order chi connectivity index (χ1) is 19.5. The smallest absolute Gasteiger partial charge is 0.238 e. The molecule has 4 rings (SSSR count). The molecule has 0 saturated carbocycles. The number of carbonyl (C=O) groups excluding carboxylic acids is 3. The number of likely N-dealkylation sites (tertiary alicyclic amines) is 1. The lowest BCUT2D eigenvalue weighted by atomic mass is 9.67. The number of nitrogens with one attached hydrogen (secondary N) is 1. The van der Waals surface area contributed by atoms with Crippen LogP contribution in [-0.4, -0.2) is 84.3 Å². The summed E-state index contributed by atoms with van der Waals surface area (Å²) >= 11 is 0. The number of benzene rings is 3. The fraction of sp³-hybridized carbons (Fsp3) is 0.344. The number of phenolic OH excluding ortho intramolecular Hbond substituents is 2. The summed E-state index contributed by atoms with van der Waals surface area (Å²) in [4.78, 5) is 45.3. The van der Waals surface area contributed by atoms with Crippen LogP contribution in [0.2, 0.25) is 0 Å². The molecule has 0 spiro atoms. The number of aromatic hydroxyl groups is 2. The van der Waals surface area contributed by atoms with Gasteiger partial charge in [0.05, 0.1) is 0 Å². The molecule has 1 fully saturated rings. The maximum absolute atomic E-state index is 14.9. The number of rotatable bonds is 9. The van der Waals surface area contributed by atoms with E-state index in [9.17, 15) is 29.0 Å². The molecular formula is C32H36FN3O5. The number of ketones is 2. The summed E-state index contributed by atoms with van der Waals surface area (Å²) in [6.07, 6.45) is 0. The summed E-state index contributed by atoms with van der Waals surface area (Å²) < 4.78 is 14.9. The Morgan fingerprint density at radius 1 is 0.927 bits per heavy atom. The highest BCUT2D eigenvalue weighted by atomic mass is 19.1. The lowest BCUT2D eigenvalue weighted by Crippen LogP contribution is -2.59. The van der Waals surface area contributed by atoms with Crippen LogP contribution in [0, 0.1) is 24.6 Å². The van der Waals surface area contributed by atoms with Gasteiger partial charge in [-0.2, -0.15) is 0 Å². The number of nitrogens with zero attached hydrogens (tertiary/aromatic N) is 2. The van der Waals surface area contributed by atoms with Crippen molar-refractivity contribution in [3.63, 3.8) is 0 Å². The Kier molecular flexibility index (Phi) is 9.20. The molecule has 9 heteroatoms. The highest BCUT2D eigenvalue weighted by Gasteiger charge is 2.47. The van der Waals surface area contributed by atoms with E-state index in [2.05, 4.69) is 5.32 Å². The predicted molar refractivity (Wildman–Crippen MR) is 154 cm³/mol. The third-order valence-electron chi connectivity index (χ3n) is 7.86. The molecule has 216 valence electrons. The van der Waals surface area contributed by atoms with E-state index >= 15 is 0 Å². The Labute approximate surface area is 239 Å². The summed E-state index contributed by atoms with van der Waals surface area (Å²) in [6, 6.07) is 16.0. The minimum Gasteiger partial charge on any atom is -0.508 e. The summed E-state index contributed by atoms with van der Waals surface area (Å²) in [6.45, 7) is 2.22. The summed E-state index contributed by atoms with van der Waals surface area (Å²) in [5, 5.41) is 23.0. The van der Waals surface area contributed by atoms with Crippen LogP contribution in [0.25, 0.3) is 0 Å². The monoisotopic (exact) mass is 561 g/mol. The van der Waals surface area contributed by atoms with Crippen molar-refractivity contribution in [3.05, 3.63) is 94.8 Å². The van der Waals surface area contributed by atoms with Gasteiger partial charge in [-0.1, -0.05) is 36.4 Å². The van der Waals surface area contributed by atoms with E-state index in [-0.39, 0.29) is 53.2 Å². The first-order valence-electron chi connectivity index (χ1n) is 13.5. The molecule has 0 aromatic heterocycles. The van der Waals surface area contributed by atoms with Crippen molar-refractivity contribution in [2.45, 2.75) is 18.9 Å². The van der Waals surface area contributed by atoms with Gasteiger partial charge in [0.25, 0.3) is 0 Å². The fourth-order valence-corrected chi connectivity index (χ4v) is 5.88. The number of phenols is 2. The zero-order chi connectivity index (χ0) is 29.8. The van der Waals surface area contributed by atoms with Gasteiger partial charge in [-0.15, -0.1) is 0 Å². The number of piperidine rings is 1. The van der Waals surface area contributed by atoms with Gasteiger partial charge in [0.15, 0.2) is 11.6 Å². The van der Waals surface area contributed by atoms with E-state index < -0.39 is 29.6 Å². The molecule has 1 aliphatic rings. The van der Waals surface area contributed by atoms with E-state index in [0.717, 1.165) is 0 Å². The lowest BCUT2D eigenvalue weighted by Gasteiger charge is -2.46. The molecule has 1 aliphatic heterocycles. The Morgan fingerprint density at radius 2 is 1.44 bits per heavy atom. The second-order valence-corrected chi connectivity index (χ2v) is 10.9. The molecule has 0 bridgehead atoms. The minimum absolute atomic E-state index is 0.0785. The van der Waals surface area contributed by atoms with Crippen molar-refractivity contribution in [2.24, 2.45) is 11.8 Å². The van der Waals surface area contributed by atoms with Crippen LogP contribution in [-0.2, 0) is 4.79 Å². The van der Waals surface area contributed by atoms with Crippen LogP contribution in [0.3, 0.4) is 0 Å². The standard InChI is InChI=1S/C32H36FN3O5/c1-19-24(12-7-13-27(19)33)29-25(30(39)20-8-5-10-22(37)14-20)16-36(28(18-35(3)4)32(41)34-2)17-26(29)31(40)21-9-6-11-23(38)15-21/h5-15,25-26,28-29,37-38H,16-18H2,1-4H3,(H,34,41). The number of carbonyl (C=O) groups is 3. The second kappa shape index (κ2) is 12.6. The minimum atomic E-state index is -0.855. The van der Waals surface area contributed by atoms with Gasteiger partial charge in [0, 0.05) is 55.6 Å². The molecule has 3 N–H and O–H groups in total. The molecule has 3 aromatic carbocycles. The van der Waals surface area contributed by atoms with Gasteiger partial charge in [0.2, 0.25) is 5.91 Å². The zero-order valence-electron chi connectivity index (χ0n) is 23.7. The molecule has 1 heterocycles. The van der Waals surface area contributed by atoms with E-state index in [1.807, 2.05) is 23.9 Å². The van der Waals surface area contributed by atoms with Crippen LogP contribution in [0.4, 0.5) is 4.39 Å². The van der Waals surface area contributed by atoms with Gasteiger partial charge in [-0.25, -0.2) is 4.39 Å². The molecule has 8 nitrogen and oxygen atoms in total. The normalized spacial score (nSPS) is 20.0. The van der Waals surface area contributed by atoms with Gasteiger partial charge < -0.3 is 20.4 Å². The van der Waals surface area contributed by atoms with Gasteiger partial charge in [0.1, 0.15) is 23.4 Å². The van der Waals surface area contributed by atoms with Crippen LogP contribution in [0.1, 0.15) is 37.8 Å². The van der Waals surface area contributed by atoms with E-state index in [1.165, 1.54) is 30.3 Å². The Balaban J connectivity index is 1.92. The van der Waals surface area contributed by atoms with Gasteiger partial charge >= 0.3 is 0 Å². The van der Waals surface area contributed by atoms with Crippen molar-refractivity contribution in [3.8, 4) is 11.5 Å². The van der Waals surface area contributed by atoms with Gasteiger partial charge in [-0.3, -0.25) is 19.3 Å². The maximum Gasteiger partial charge on any atom is 0.238 e. The van der Waals surface area contributed by atoms with Crippen LogP contribution in [0.5, 0.6) is 11.5 Å². The van der Waals surface area contributed by atoms with Crippen LogP contribution in [0.15, 0.2) is 66.7 Å². The zero-order valence-corrected chi connectivity index (χ0v) is 23.7. The number of hydrogen-bond acceptors (Lipinski definition) is 7. The van der Waals surface area contributed by atoms with Crippen molar-refractivity contribution in [1.29, 1.82) is 0 Å². The van der Waals surface area contributed by atoms with E-state index in [4.69, 9.17) is 0 Å². The number of amides is 1. The highest BCUT2D eigenvalue weighted by molar-refractivity contribution is 6.02. The molecular weight excluding hydrogens is 525 g/mol. The predicted octanol–water partition coefficient (Wildman–Crippen LogP) is 3.62.